The third-order valence-electron chi connectivity index (χ3n) is 3.46. The first-order valence-electron chi connectivity index (χ1n) is 6.66. The molecule has 1 atom stereocenters. The summed E-state index contributed by atoms with van der Waals surface area (Å²) in [6.07, 6.45) is 7.68. The van der Waals surface area contributed by atoms with Gasteiger partial charge in [0.25, 0.3) is 0 Å². The molecule has 1 fully saturated rings. The second-order valence-corrected chi connectivity index (χ2v) is 4.95. The lowest BCUT2D eigenvalue weighted by atomic mass is 10.0. The van der Waals surface area contributed by atoms with E-state index >= 15 is 0 Å². The quantitative estimate of drug-likeness (QED) is 0.648. The number of aliphatic carboxylic acids is 1. The molecule has 0 saturated carbocycles. The highest BCUT2D eigenvalue weighted by atomic mass is 16.4. The zero-order valence-corrected chi connectivity index (χ0v) is 10.5. The van der Waals surface area contributed by atoms with Crippen molar-refractivity contribution in [2.45, 2.75) is 51.9 Å². The van der Waals surface area contributed by atoms with E-state index in [0.717, 1.165) is 13.0 Å². The Labute approximate surface area is 98.8 Å². The normalized spacial score (nSPS) is 21.4. The van der Waals surface area contributed by atoms with E-state index in [2.05, 4.69) is 11.8 Å². The molecule has 1 rings (SSSR count). The van der Waals surface area contributed by atoms with Crippen LogP contribution in [0.25, 0.3) is 0 Å². The van der Waals surface area contributed by atoms with E-state index in [1.54, 1.807) is 0 Å². The summed E-state index contributed by atoms with van der Waals surface area (Å²) in [6.45, 7) is 5.75. The summed E-state index contributed by atoms with van der Waals surface area (Å²) < 4.78 is 0. The lowest BCUT2D eigenvalue weighted by Gasteiger charge is -2.15. The molecule has 1 heterocycles. The van der Waals surface area contributed by atoms with Crippen LogP contribution in [-0.4, -0.2) is 35.6 Å². The minimum atomic E-state index is -0.651. The molecule has 0 aromatic heterocycles. The minimum Gasteiger partial charge on any atom is -0.481 e. The Balaban J connectivity index is 2.03. The molecule has 1 unspecified atom stereocenters. The molecule has 3 heteroatoms. The molecule has 0 radical (unpaired) electrons. The van der Waals surface area contributed by atoms with Crippen LogP contribution in [0.2, 0.25) is 0 Å². The zero-order valence-electron chi connectivity index (χ0n) is 10.5. The fourth-order valence-corrected chi connectivity index (χ4v) is 2.44. The number of rotatable bonds is 8. The molecule has 1 aliphatic rings. The molecule has 0 bridgehead atoms. The van der Waals surface area contributed by atoms with Crippen LogP contribution in [0.4, 0.5) is 0 Å². The van der Waals surface area contributed by atoms with Crippen LogP contribution in [0, 0.1) is 5.92 Å². The molecule has 0 aromatic rings. The minimum absolute atomic E-state index is 0.342. The molecule has 1 saturated heterocycles. The fraction of sp³-hybridized carbons (Fsp3) is 0.923. The van der Waals surface area contributed by atoms with E-state index in [-0.39, 0.29) is 0 Å². The van der Waals surface area contributed by atoms with E-state index in [1.165, 1.54) is 45.2 Å². The van der Waals surface area contributed by atoms with Crippen molar-refractivity contribution in [3.8, 4) is 0 Å². The third-order valence-corrected chi connectivity index (χ3v) is 3.46. The van der Waals surface area contributed by atoms with Gasteiger partial charge in [0.05, 0.1) is 0 Å². The second-order valence-electron chi connectivity index (χ2n) is 4.95. The third kappa shape index (κ3) is 5.50. The Morgan fingerprint density at radius 3 is 2.88 bits per heavy atom. The van der Waals surface area contributed by atoms with Gasteiger partial charge < -0.3 is 10.0 Å². The first-order valence-corrected chi connectivity index (χ1v) is 6.66. The van der Waals surface area contributed by atoms with E-state index in [4.69, 9.17) is 5.11 Å². The predicted molar refractivity (Wildman–Crippen MR) is 65.6 cm³/mol. The van der Waals surface area contributed by atoms with Gasteiger partial charge in [0.15, 0.2) is 0 Å². The maximum atomic E-state index is 10.5. The van der Waals surface area contributed by atoms with Crippen molar-refractivity contribution < 1.29 is 9.90 Å². The Morgan fingerprint density at radius 1 is 1.38 bits per heavy atom. The number of carboxylic acid groups (broad SMARTS) is 1. The summed E-state index contributed by atoms with van der Waals surface area (Å²) in [5, 5.41) is 8.63. The van der Waals surface area contributed by atoms with Crippen LogP contribution in [-0.2, 0) is 4.79 Å². The lowest BCUT2D eigenvalue weighted by molar-refractivity contribution is -0.137. The summed E-state index contributed by atoms with van der Waals surface area (Å²) in [7, 11) is 0. The van der Waals surface area contributed by atoms with Gasteiger partial charge in [-0.2, -0.15) is 0 Å². The average molecular weight is 227 g/mol. The Bertz CT molecular complexity index is 206. The molecule has 94 valence electrons. The average Bonchev–Trinajstić information content (AvgIpc) is 2.70. The van der Waals surface area contributed by atoms with Gasteiger partial charge in [-0.3, -0.25) is 4.79 Å². The monoisotopic (exact) mass is 227 g/mol. The van der Waals surface area contributed by atoms with E-state index in [9.17, 15) is 4.79 Å². The Kier molecular flexibility index (Phi) is 6.46. The highest BCUT2D eigenvalue weighted by Gasteiger charge is 2.22. The number of hydrogen-bond acceptors (Lipinski definition) is 2. The summed E-state index contributed by atoms with van der Waals surface area (Å²) in [6, 6.07) is 0. The van der Waals surface area contributed by atoms with Gasteiger partial charge in [0.2, 0.25) is 0 Å². The first-order chi connectivity index (χ1) is 7.72. The maximum absolute atomic E-state index is 10.5. The van der Waals surface area contributed by atoms with Gasteiger partial charge in [0, 0.05) is 13.0 Å². The molecule has 0 amide bonds. The Morgan fingerprint density at radius 2 is 2.19 bits per heavy atom. The van der Waals surface area contributed by atoms with E-state index in [0.29, 0.717) is 12.3 Å². The van der Waals surface area contributed by atoms with Crippen molar-refractivity contribution in [1.29, 1.82) is 0 Å². The smallest absolute Gasteiger partial charge is 0.303 e. The van der Waals surface area contributed by atoms with Gasteiger partial charge in [0.1, 0.15) is 0 Å². The zero-order chi connectivity index (χ0) is 11.8. The van der Waals surface area contributed by atoms with E-state index in [1.807, 2.05) is 0 Å². The van der Waals surface area contributed by atoms with Crippen molar-refractivity contribution in [1.82, 2.24) is 4.90 Å². The van der Waals surface area contributed by atoms with Crippen LogP contribution in [0.5, 0.6) is 0 Å². The summed E-state index contributed by atoms with van der Waals surface area (Å²) in [4.78, 5) is 13.0. The first kappa shape index (κ1) is 13.5. The highest BCUT2D eigenvalue weighted by Crippen LogP contribution is 2.21. The van der Waals surface area contributed by atoms with Crippen LogP contribution >= 0.6 is 0 Å². The van der Waals surface area contributed by atoms with Gasteiger partial charge in [-0.05, 0) is 38.3 Å². The molecule has 1 N–H and O–H groups in total. The summed E-state index contributed by atoms with van der Waals surface area (Å²) >= 11 is 0. The van der Waals surface area contributed by atoms with Gasteiger partial charge in [-0.25, -0.2) is 0 Å². The highest BCUT2D eigenvalue weighted by molar-refractivity contribution is 5.66. The van der Waals surface area contributed by atoms with Crippen LogP contribution < -0.4 is 0 Å². The Hall–Kier alpha value is -0.570. The van der Waals surface area contributed by atoms with Crippen molar-refractivity contribution >= 4 is 5.97 Å². The molecule has 0 aromatic carbocycles. The summed E-state index contributed by atoms with van der Waals surface area (Å²) in [5.41, 5.74) is 0. The number of hydrogen-bond donors (Lipinski definition) is 1. The van der Waals surface area contributed by atoms with Crippen molar-refractivity contribution in [2.75, 3.05) is 19.6 Å². The number of carbonyl (C=O) groups is 1. The van der Waals surface area contributed by atoms with Crippen molar-refractivity contribution in [3.63, 3.8) is 0 Å². The lowest BCUT2D eigenvalue weighted by Crippen LogP contribution is -2.22. The van der Waals surface area contributed by atoms with Crippen LogP contribution in [0.1, 0.15) is 51.9 Å². The molecule has 0 aliphatic carbocycles. The second kappa shape index (κ2) is 7.66. The molecule has 3 nitrogen and oxygen atoms in total. The van der Waals surface area contributed by atoms with Crippen LogP contribution in [0.15, 0.2) is 0 Å². The van der Waals surface area contributed by atoms with Crippen molar-refractivity contribution in [2.24, 2.45) is 5.92 Å². The van der Waals surface area contributed by atoms with Gasteiger partial charge in [-0.1, -0.05) is 26.2 Å². The molecule has 1 aliphatic heterocycles. The standard InChI is InChI=1S/C13H25NO2/c1-2-3-4-5-9-14-10-8-12(11-14)6-7-13(15)16/h12H,2-11H2,1H3,(H,15,16). The van der Waals surface area contributed by atoms with Crippen molar-refractivity contribution in [3.05, 3.63) is 0 Å². The maximum Gasteiger partial charge on any atom is 0.303 e. The predicted octanol–water partition coefficient (Wildman–Crippen LogP) is 2.75. The SMILES string of the molecule is CCCCCCN1CCC(CCC(=O)O)C1. The number of carboxylic acids is 1. The van der Waals surface area contributed by atoms with Crippen LogP contribution in [0.3, 0.4) is 0 Å². The number of likely N-dealkylation sites (tertiary alicyclic amines) is 1. The molecular formula is C13H25NO2. The van der Waals surface area contributed by atoms with E-state index < -0.39 is 5.97 Å². The van der Waals surface area contributed by atoms with Gasteiger partial charge >= 0.3 is 5.97 Å². The molecule has 0 spiro atoms. The number of nitrogens with zero attached hydrogens (tertiary/aromatic N) is 1. The largest absolute Gasteiger partial charge is 0.481 e. The topological polar surface area (TPSA) is 40.5 Å². The van der Waals surface area contributed by atoms with Gasteiger partial charge in [-0.15, -0.1) is 0 Å². The molecule has 16 heavy (non-hydrogen) atoms. The molecular weight excluding hydrogens is 202 g/mol. The number of unbranched alkanes of at least 4 members (excludes halogenated alkanes) is 3. The fourth-order valence-electron chi connectivity index (χ4n) is 2.44. The summed E-state index contributed by atoms with van der Waals surface area (Å²) in [5.74, 6) is -0.0244.